The van der Waals surface area contributed by atoms with E-state index in [1.807, 2.05) is 27.7 Å². The van der Waals surface area contributed by atoms with Crippen LogP contribution in [0.25, 0.3) is 0 Å². The van der Waals surface area contributed by atoms with E-state index in [-0.39, 0.29) is 18.2 Å². The van der Waals surface area contributed by atoms with Gasteiger partial charge in [-0.3, -0.25) is 9.59 Å². The molecule has 0 saturated heterocycles. The summed E-state index contributed by atoms with van der Waals surface area (Å²) < 4.78 is 5.30. The van der Waals surface area contributed by atoms with E-state index < -0.39 is 5.41 Å². The second kappa shape index (κ2) is 6.36. The van der Waals surface area contributed by atoms with Crippen LogP contribution in [0.1, 0.15) is 38.1 Å². The zero-order valence-corrected chi connectivity index (χ0v) is 11.9. The average molecular weight is 263 g/mol. The third kappa shape index (κ3) is 4.73. The maximum atomic E-state index is 11.8. The van der Waals surface area contributed by atoms with Gasteiger partial charge in [0.2, 0.25) is 0 Å². The lowest BCUT2D eigenvalue weighted by Crippen LogP contribution is -2.35. The molecule has 104 valence electrons. The summed E-state index contributed by atoms with van der Waals surface area (Å²) in [6, 6.07) is 6.85. The van der Waals surface area contributed by atoms with Crippen LogP contribution in [-0.4, -0.2) is 24.8 Å². The molecule has 1 aromatic carbocycles. The van der Waals surface area contributed by atoms with Crippen LogP contribution in [0.5, 0.6) is 5.75 Å². The predicted molar refractivity (Wildman–Crippen MR) is 74.4 cm³/mol. The number of benzene rings is 1. The Labute approximate surface area is 114 Å². The number of amides is 1. The van der Waals surface area contributed by atoms with Crippen LogP contribution in [0.15, 0.2) is 24.3 Å². The topological polar surface area (TPSA) is 55.4 Å². The Balaban J connectivity index is 2.56. The van der Waals surface area contributed by atoms with E-state index >= 15 is 0 Å². The number of hydrogen-bond acceptors (Lipinski definition) is 3. The Kier molecular flexibility index (Phi) is 5.10. The summed E-state index contributed by atoms with van der Waals surface area (Å²) in [5.41, 5.74) is 0.0803. The number of hydrogen-bond donors (Lipinski definition) is 1. The van der Waals surface area contributed by atoms with Gasteiger partial charge < -0.3 is 10.1 Å². The Bertz CT molecular complexity index is 443. The largest absolute Gasteiger partial charge is 0.494 e. The first-order valence-corrected chi connectivity index (χ1v) is 6.39. The van der Waals surface area contributed by atoms with Gasteiger partial charge in [0.05, 0.1) is 13.2 Å². The van der Waals surface area contributed by atoms with Crippen molar-refractivity contribution < 1.29 is 14.3 Å². The van der Waals surface area contributed by atoms with E-state index in [0.717, 1.165) is 5.75 Å². The van der Waals surface area contributed by atoms with E-state index in [4.69, 9.17) is 4.74 Å². The fourth-order valence-corrected chi connectivity index (χ4v) is 1.40. The molecule has 0 heterocycles. The van der Waals surface area contributed by atoms with Crippen molar-refractivity contribution >= 4 is 11.7 Å². The highest BCUT2D eigenvalue weighted by Gasteiger charge is 2.21. The zero-order valence-electron chi connectivity index (χ0n) is 11.9. The Morgan fingerprint density at radius 3 is 2.21 bits per heavy atom. The molecule has 0 radical (unpaired) electrons. The van der Waals surface area contributed by atoms with Gasteiger partial charge in [-0.25, -0.2) is 0 Å². The summed E-state index contributed by atoms with van der Waals surface area (Å²) >= 11 is 0. The molecule has 1 amide bonds. The monoisotopic (exact) mass is 263 g/mol. The predicted octanol–water partition coefficient (Wildman–Crippen LogP) is 2.43. The molecule has 0 atom stereocenters. The van der Waals surface area contributed by atoms with Gasteiger partial charge in [0, 0.05) is 11.0 Å². The molecule has 0 aliphatic heterocycles. The van der Waals surface area contributed by atoms with Crippen LogP contribution in [0.2, 0.25) is 0 Å². The third-order valence-corrected chi connectivity index (χ3v) is 2.67. The summed E-state index contributed by atoms with van der Waals surface area (Å²) in [6.07, 6.45) is 0. The molecular weight excluding hydrogens is 242 g/mol. The first kappa shape index (κ1) is 15.2. The minimum Gasteiger partial charge on any atom is -0.494 e. The number of ether oxygens (including phenoxy) is 1. The lowest BCUT2D eigenvalue weighted by Gasteiger charge is -2.16. The molecule has 4 heteroatoms. The Morgan fingerprint density at radius 1 is 1.16 bits per heavy atom. The smallest absolute Gasteiger partial charge is 0.251 e. The van der Waals surface area contributed by atoms with Crippen LogP contribution < -0.4 is 10.1 Å². The van der Waals surface area contributed by atoms with Crippen molar-refractivity contribution in [3.8, 4) is 5.75 Å². The molecule has 1 N–H and O–H groups in total. The van der Waals surface area contributed by atoms with Crippen molar-refractivity contribution in [2.45, 2.75) is 27.7 Å². The quantitative estimate of drug-likeness (QED) is 0.887. The maximum absolute atomic E-state index is 11.8. The molecule has 1 rings (SSSR count). The third-order valence-electron chi connectivity index (χ3n) is 2.67. The van der Waals surface area contributed by atoms with E-state index in [0.29, 0.717) is 12.2 Å². The molecule has 0 aliphatic rings. The summed E-state index contributed by atoms with van der Waals surface area (Å²) in [5.74, 6) is 0.484. The van der Waals surface area contributed by atoms with Crippen LogP contribution in [0.3, 0.4) is 0 Å². The van der Waals surface area contributed by atoms with Gasteiger partial charge in [0.1, 0.15) is 5.75 Å². The van der Waals surface area contributed by atoms with Crippen molar-refractivity contribution in [3.05, 3.63) is 29.8 Å². The van der Waals surface area contributed by atoms with Gasteiger partial charge in [-0.2, -0.15) is 0 Å². The molecule has 0 bridgehead atoms. The number of carbonyl (C=O) groups excluding carboxylic acids is 2. The number of carbonyl (C=O) groups is 2. The SMILES string of the molecule is CCOc1ccc(C(=O)NCC(=O)C(C)(C)C)cc1. The minimum atomic E-state index is -0.438. The van der Waals surface area contributed by atoms with E-state index in [9.17, 15) is 9.59 Å². The van der Waals surface area contributed by atoms with Gasteiger partial charge in [-0.05, 0) is 31.2 Å². The molecule has 4 nitrogen and oxygen atoms in total. The van der Waals surface area contributed by atoms with Gasteiger partial charge >= 0.3 is 0 Å². The highest BCUT2D eigenvalue weighted by molar-refractivity contribution is 5.97. The zero-order chi connectivity index (χ0) is 14.5. The molecule has 0 aliphatic carbocycles. The molecule has 1 aromatic rings. The van der Waals surface area contributed by atoms with Crippen LogP contribution in [0, 0.1) is 5.41 Å². The fraction of sp³-hybridized carbons (Fsp3) is 0.467. The summed E-state index contributed by atoms with van der Waals surface area (Å²) in [5, 5.41) is 2.63. The molecule has 0 aromatic heterocycles. The summed E-state index contributed by atoms with van der Waals surface area (Å²) in [6.45, 7) is 8.04. The second-order valence-corrected chi connectivity index (χ2v) is 5.31. The van der Waals surface area contributed by atoms with Gasteiger partial charge in [0.25, 0.3) is 5.91 Å². The average Bonchev–Trinajstić information content (AvgIpc) is 2.35. The fourth-order valence-electron chi connectivity index (χ4n) is 1.40. The van der Waals surface area contributed by atoms with Crippen molar-refractivity contribution in [1.82, 2.24) is 5.32 Å². The summed E-state index contributed by atoms with van der Waals surface area (Å²) in [7, 11) is 0. The van der Waals surface area contributed by atoms with Crippen molar-refractivity contribution in [2.75, 3.05) is 13.2 Å². The number of Topliss-reactive ketones (excluding diaryl/α,β-unsaturated/α-hetero) is 1. The Morgan fingerprint density at radius 2 is 1.74 bits per heavy atom. The van der Waals surface area contributed by atoms with Gasteiger partial charge in [-0.15, -0.1) is 0 Å². The van der Waals surface area contributed by atoms with E-state index in [1.54, 1.807) is 24.3 Å². The highest BCUT2D eigenvalue weighted by atomic mass is 16.5. The molecule has 0 saturated carbocycles. The first-order valence-electron chi connectivity index (χ1n) is 6.39. The molecular formula is C15H21NO3. The van der Waals surface area contributed by atoms with Crippen LogP contribution >= 0.6 is 0 Å². The van der Waals surface area contributed by atoms with Gasteiger partial charge in [0.15, 0.2) is 5.78 Å². The molecule has 0 fully saturated rings. The lowest BCUT2D eigenvalue weighted by molar-refractivity contribution is -0.125. The molecule has 19 heavy (non-hydrogen) atoms. The van der Waals surface area contributed by atoms with E-state index in [1.165, 1.54) is 0 Å². The Hall–Kier alpha value is -1.84. The molecule has 0 unspecified atom stereocenters. The highest BCUT2D eigenvalue weighted by Crippen LogP contribution is 2.14. The van der Waals surface area contributed by atoms with Crippen LogP contribution in [0.4, 0.5) is 0 Å². The number of rotatable bonds is 5. The minimum absolute atomic E-state index is 0.00628. The lowest BCUT2D eigenvalue weighted by atomic mass is 9.91. The van der Waals surface area contributed by atoms with Crippen molar-refractivity contribution in [2.24, 2.45) is 5.41 Å². The van der Waals surface area contributed by atoms with Crippen molar-refractivity contribution in [3.63, 3.8) is 0 Å². The number of ketones is 1. The maximum Gasteiger partial charge on any atom is 0.251 e. The van der Waals surface area contributed by atoms with Crippen LogP contribution in [-0.2, 0) is 4.79 Å². The van der Waals surface area contributed by atoms with Gasteiger partial charge in [-0.1, -0.05) is 20.8 Å². The second-order valence-electron chi connectivity index (χ2n) is 5.31. The first-order chi connectivity index (χ1) is 8.84. The number of nitrogens with one attached hydrogen (secondary N) is 1. The molecule has 0 spiro atoms. The normalized spacial score (nSPS) is 10.9. The summed E-state index contributed by atoms with van der Waals surface area (Å²) in [4.78, 5) is 23.5. The van der Waals surface area contributed by atoms with Crippen molar-refractivity contribution in [1.29, 1.82) is 0 Å². The standard InChI is InChI=1S/C15H21NO3/c1-5-19-12-8-6-11(7-9-12)14(18)16-10-13(17)15(2,3)4/h6-9H,5,10H2,1-4H3,(H,16,18). The van der Waals surface area contributed by atoms with E-state index in [2.05, 4.69) is 5.32 Å².